The van der Waals surface area contributed by atoms with Crippen molar-refractivity contribution in [1.29, 1.82) is 0 Å². The van der Waals surface area contributed by atoms with E-state index in [1.807, 2.05) is 0 Å². The molecule has 5 heteroatoms. The Morgan fingerprint density at radius 3 is 1.94 bits per heavy atom. The van der Waals surface area contributed by atoms with Gasteiger partial charge in [0, 0.05) is 11.1 Å². The predicted octanol–water partition coefficient (Wildman–Crippen LogP) is 1.03. The molecule has 1 heterocycles. The van der Waals surface area contributed by atoms with Crippen LogP contribution < -0.4 is 0 Å². The van der Waals surface area contributed by atoms with Crippen LogP contribution in [-0.4, -0.2) is 34.8 Å². The van der Waals surface area contributed by atoms with Crippen molar-refractivity contribution in [1.82, 2.24) is 4.90 Å². The molecule has 0 aromatic heterocycles. The Labute approximate surface area is 100 Å². The molecule has 94 valence electrons. The highest BCUT2D eigenvalue weighted by atomic mass is 16.5. The van der Waals surface area contributed by atoms with Gasteiger partial charge in [-0.2, -0.15) is 0 Å². The molecule has 0 aromatic rings. The summed E-state index contributed by atoms with van der Waals surface area (Å²) in [6.07, 6.45) is 0. The maximum atomic E-state index is 11.9. The van der Waals surface area contributed by atoms with Crippen LogP contribution in [0.2, 0.25) is 0 Å². The number of imide groups is 1. The van der Waals surface area contributed by atoms with Crippen LogP contribution in [0.1, 0.15) is 34.6 Å². The lowest BCUT2D eigenvalue weighted by atomic mass is 10.0. The number of rotatable bonds is 3. The molecule has 0 aromatic carbocycles. The van der Waals surface area contributed by atoms with Crippen LogP contribution in [0.25, 0.3) is 0 Å². The average Bonchev–Trinajstić information content (AvgIpc) is 2.44. The monoisotopic (exact) mass is 239 g/mol. The Balaban J connectivity index is 3.08. The lowest BCUT2D eigenvalue weighted by Gasteiger charge is -2.31. The summed E-state index contributed by atoms with van der Waals surface area (Å²) >= 11 is 0. The first-order valence-electron chi connectivity index (χ1n) is 5.48. The zero-order chi connectivity index (χ0) is 13.4. The van der Waals surface area contributed by atoms with Gasteiger partial charge in [-0.1, -0.05) is 0 Å². The van der Waals surface area contributed by atoms with Gasteiger partial charge in [-0.05, 0) is 34.6 Å². The Morgan fingerprint density at radius 2 is 1.59 bits per heavy atom. The first-order chi connectivity index (χ1) is 7.75. The van der Waals surface area contributed by atoms with Crippen LogP contribution in [0.5, 0.6) is 0 Å². The minimum Gasteiger partial charge on any atom is -0.464 e. The molecule has 0 radical (unpaired) electrons. The molecule has 0 N–H and O–H groups in total. The molecule has 0 saturated carbocycles. The third-order valence-corrected chi connectivity index (χ3v) is 2.94. The van der Waals surface area contributed by atoms with Gasteiger partial charge in [0.15, 0.2) is 0 Å². The summed E-state index contributed by atoms with van der Waals surface area (Å²) in [5.74, 6) is -1.43. The van der Waals surface area contributed by atoms with Gasteiger partial charge in [0.2, 0.25) is 0 Å². The fraction of sp³-hybridized carbons (Fsp3) is 0.583. The van der Waals surface area contributed by atoms with Crippen molar-refractivity contribution in [2.45, 2.75) is 40.2 Å². The summed E-state index contributed by atoms with van der Waals surface area (Å²) in [5.41, 5.74) is -0.511. The first kappa shape index (κ1) is 13.4. The maximum Gasteiger partial charge on any atom is 0.331 e. The highest BCUT2D eigenvalue weighted by Gasteiger charge is 2.47. The van der Waals surface area contributed by atoms with E-state index in [0.29, 0.717) is 11.1 Å². The minimum absolute atomic E-state index is 0.212. The topological polar surface area (TPSA) is 63.7 Å². The van der Waals surface area contributed by atoms with Crippen LogP contribution >= 0.6 is 0 Å². The average molecular weight is 239 g/mol. The molecule has 0 aliphatic carbocycles. The van der Waals surface area contributed by atoms with E-state index in [4.69, 9.17) is 4.74 Å². The lowest BCUT2D eigenvalue weighted by Crippen LogP contribution is -2.54. The van der Waals surface area contributed by atoms with Gasteiger partial charge in [0.1, 0.15) is 5.54 Å². The van der Waals surface area contributed by atoms with Crippen molar-refractivity contribution in [2.75, 3.05) is 6.61 Å². The molecule has 1 aliphatic heterocycles. The van der Waals surface area contributed by atoms with Crippen molar-refractivity contribution in [3.63, 3.8) is 0 Å². The van der Waals surface area contributed by atoms with E-state index in [1.165, 1.54) is 13.8 Å². The molecule has 0 bridgehead atoms. The minimum atomic E-state index is -1.27. The van der Waals surface area contributed by atoms with Crippen molar-refractivity contribution >= 4 is 17.8 Å². The third kappa shape index (κ3) is 1.97. The third-order valence-electron chi connectivity index (χ3n) is 2.94. The van der Waals surface area contributed by atoms with Gasteiger partial charge in [-0.3, -0.25) is 14.5 Å². The van der Waals surface area contributed by atoms with Gasteiger partial charge >= 0.3 is 5.97 Å². The predicted molar refractivity (Wildman–Crippen MR) is 60.9 cm³/mol. The zero-order valence-corrected chi connectivity index (χ0v) is 10.8. The maximum absolute atomic E-state index is 11.9. The number of nitrogens with zero attached hydrogens (tertiary/aromatic N) is 1. The molecule has 1 aliphatic rings. The van der Waals surface area contributed by atoms with E-state index in [-0.39, 0.29) is 6.61 Å². The summed E-state index contributed by atoms with van der Waals surface area (Å²) in [4.78, 5) is 36.6. The number of carbonyl (C=O) groups is 3. The van der Waals surface area contributed by atoms with Gasteiger partial charge < -0.3 is 4.74 Å². The largest absolute Gasteiger partial charge is 0.464 e. The molecule has 0 fully saturated rings. The van der Waals surface area contributed by atoms with E-state index in [1.54, 1.807) is 20.8 Å². The van der Waals surface area contributed by atoms with Crippen LogP contribution in [0.3, 0.4) is 0 Å². The van der Waals surface area contributed by atoms with Crippen molar-refractivity contribution < 1.29 is 19.1 Å². The van der Waals surface area contributed by atoms with E-state index >= 15 is 0 Å². The first-order valence-corrected chi connectivity index (χ1v) is 5.48. The molecule has 0 saturated heterocycles. The standard InChI is InChI=1S/C12H17NO4/c1-6-17-11(16)12(4,5)13-9(14)7(2)8(3)10(13)15/h6H2,1-5H3. The van der Waals surface area contributed by atoms with E-state index in [2.05, 4.69) is 0 Å². The summed E-state index contributed by atoms with van der Waals surface area (Å²) in [6.45, 7) is 8.06. The van der Waals surface area contributed by atoms with E-state index in [9.17, 15) is 14.4 Å². The zero-order valence-electron chi connectivity index (χ0n) is 10.8. The molecular formula is C12H17NO4. The van der Waals surface area contributed by atoms with Gasteiger partial charge in [-0.25, -0.2) is 4.79 Å². The van der Waals surface area contributed by atoms with Gasteiger partial charge in [0.05, 0.1) is 6.61 Å². The molecule has 2 amide bonds. The van der Waals surface area contributed by atoms with E-state index < -0.39 is 23.3 Å². The van der Waals surface area contributed by atoms with Crippen molar-refractivity contribution in [3.05, 3.63) is 11.1 Å². The fourth-order valence-electron chi connectivity index (χ4n) is 1.66. The van der Waals surface area contributed by atoms with Crippen LogP contribution in [0.4, 0.5) is 0 Å². The second-order valence-electron chi connectivity index (χ2n) is 4.48. The second-order valence-corrected chi connectivity index (χ2v) is 4.48. The summed E-state index contributed by atoms with van der Waals surface area (Å²) in [5, 5.41) is 0. The summed E-state index contributed by atoms with van der Waals surface area (Å²) in [7, 11) is 0. The number of ether oxygens (including phenoxy) is 1. The number of esters is 1. The Morgan fingerprint density at radius 1 is 1.18 bits per heavy atom. The molecule has 5 nitrogen and oxygen atoms in total. The molecule has 0 spiro atoms. The molecule has 17 heavy (non-hydrogen) atoms. The molecule has 1 rings (SSSR count). The number of hydrogen-bond acceptors (Lipinski definition) is 4. The SMILES string of the molecule is CCOC(=O)C(C)(C)N1C(=O)C(C)=C(C)C1=O. The summed E-state index contributed by atoms with van der Waals surface area (Å²) < 4.78 is 4.88. The lowest BCUT2D eigenvalue weighted by molar-refractivity contribution is -0.164. The molecule has 0 atom stereocenters. The normalized spacial score (nSPS) is 16.9. The Bertz CT molecular complexity index is 396. The fourth-order valence-corrected chi connectivity index (χ4v) is 1.66. The van der Waals surface area contributed by atoms with Crippen molar-refractivity contribution in [2.24, 2.45) is 0 Å². The number of carbonyl (C=O) groups excluding carboxylic acids is 3. The quantitative estimate of drug-likeness (QED) is 0.545. The molecular weight excluding hydrogens is 222 g/mol. The number of hydrogen-bond donors (Lipinski definition) is 0. The molecule has 0 unspecified atom stereocenters. The van der Waals surface area contributed by atoms with Crippen molar-refractivity contribution in [3.8, 4) is 0 Å². The highest BCUT2D eigenvalue weighted by Crippen LogP contribution is 2.28. The summed E-state index contributed by atoms with van der Waals surface area (Å²) in [6, 6.07) is 0. The van der Waals surface area contributed by atoms with E-state index in [0.717, 1.165) is 4.90 Å². The Kier molecular flexibility index (Phi) is 3.40. The van der Waals surface area contributed by atoms with Crippen LogP contribution in [0.15, 0.2) is 11.1 Å². The smallest absolute Gasteiger partial charge is 0.331 e. The Hall–Kier alpha value is -1.65. The number of amides is 2. The van der Waals surface area contributed by atoms with Gasteiger partial charge in [0.25, 0.3) is 11.8 Å². The van der Waals surface area contributed by atoms with Crippen LogP contribution in [0, 0.1) is 0 Å². The van der Waals surface area contributed by atoms with Crippen LogP contribution in [-0.2, 0) is 19.1 Å². The second kappa shape index (κ2) is 4.31. The van der Waals surface area contributed by atoms with Gasteiger partial charge in [-0.15, -0.1) is 0 Å². The highest BCUT2D eigenvalue weighted by molar-refractivity contribution is 6.20.